The van der Waals surface area contributed by atoms with E-state index in [1.807, 2.05) is 73.0 Å². The smallest absolute Gasteiger partial charge is 0.272 e. The summed E-state index contributed by atoms with van der Waals surface area (Å²) in [5, 5.41) is 10.9. The van der Waals surface area contributed by atoms with Gasteiger partial charge in [-0.1, -0.05) is 72.8 Å². The summed E-state index contributed by atoms with van der Waals surface area (Å²) >= 11 is 2.70. The highest BCUT2D eigenvalue weighted by Gasteiger charge is 2.17. The van der Waals surface area contributed by atoms with Gasteiger partial charge in [0, 0.05) is 32.7 Å². The lowest BCUT2D eigenvalue weighted by molar-refractivity contribution is -0.114. The normalized spacial score (nSPS) is 11.0. The Morgan fingerprint density at radius 2 is 1.60 bits per heavy atom. The molecule has 0 saturated carbocycles. The summed E-state index contributed by atoms with van der Waals surface area (Å²) in [6, 6.07) is 32.9. The Morgan fingerprint density at radius 3 is 2.38 bits per heavy atom. The number of thiazole rings is 1. The number of rotatable bonds is 12. The van der Waals surface area contributed by atoms with E-state index in [1.165, 1.54) is 23.1 Å². The number of thioether (sulfide) groups is 1. The summed E-state index contributed by atoms with van der Waals surface area (Å²) in [6.45, 7) is 2.32. The van der Waals surface area contributed by atoms with E-state index in [2.05, 4.69) is 20.9 Å². The first-order chi connectivity index (χ1) is 22.0. The molecule has 0 aliphatic rings. The first-order valence-electron chi connectivity index (χ1n) is 14.1. The molecule has 45 heavy (non-hydrogen) atoms. The van der Waals surface area contributed by atoms with Crippen molar-refractivity contribution in [2.45, 2.75) is 11.8 Å². The average molecular weight is 635 g/mol. The van der Waals surface area contributed by atoms with Crippen molar-refractivity contribution < 1.29 is 19.1 Å². The summed E-state index contributed by atoms with van der Waals surface area (Å²) in [7, 11) is 0. The maximum Gasteiger partial charge on any atom is 0.272 e. The van der Waals surface area contributed by atoms with Gasteiger partial charge in [-0.05, 0) is 49.4 Å². The second-order valence-corrected chi connectivity index (χ2v) is 11.5. The quantitative estimate of drug-likeness (QED) is 0.0978. The maximum absolute atomic E-state index is 13.5. The molecule has 3 amide bonds. The number of nitrogens with zero attached hydrogens (tertiary/aromatic N) is 1. The highest BCUT2D eigenvalue weighted by Crippen LogP contribution is 2.26. The third-order valence-corrected chi connectivity index (χ3v) is 8.08. The largest absolute Gasteiger partial charge is 0.493 e. The number of ether oxygens (including phenoxy) is 1. The minimum absolute atomic E-state index is 0.0479. The summed E-state index contributed by atoms with van der Waals surface area (Å²) in [5.74, 6) is -0.375. The molecule has 0 atom stereocenters. The average Bonchev–Trinajstić information content (AvgIpc) is 3.54. The predicted octanol–water partition coefficient (Wildman–Crippen LogP) is 7.35. The molecular weight excluding hydrogens is 605 g/mol. The van der Waals surface area contributed by atoms with Crippen molar-refractivity contribution in [1.82, 2.24) is 10.3 Å². The van der Waals surface area contributed by atoms with Crippen LogP contribution in [-0.2, 0) is 9.59 Å². The molecule has 0 spiro atoms. The fraction of sp³-hybridized carbons (Fsp3) is 0.0857. The van der Waals surface area contributed by atoms with Crippen LogP contribution in [0.1, 0.15) is 22.8 Å². The van der Waals surface area contributed by atoms with Crippen LogP contribution in [0.3, 0.4) is 0 Å². The first-order valence-corrected chi connectivity index (χ1v) is 16.0. The molecule has 5 aromatic rings. The molecule has 5 rings (SSSR count). The zero-order valence-corrected chi connectivity index (χ0v) is 26.0. The van der Waals surface area contributed by atoms with Crippen molar-refractivity contribution in [2.24, 2.45) is 0 Å². The van der Waals surface area contributed by atoms with Gasteiger partial charge in [-0.15, -0.1) is 23.1 Å². The Labute approximate surface area is 269 Å². The van der Waals surface area contributed by atoms with E-state index in [0.717, 1.165) is 16.2 Å². The van der Waals surface area contributed by atoms with Gasteiger partial charge in [-0.3, -0.25) is 14.4 Å². The van der Waals surface area contributed by atoms with Crippen molar-refractivity contribution in [1.29, 1.82) is 0 Å². The minimum atomic E-state index is -0.511. The summed E-state index contributed by atoms with van der Waals surface area (Å²) in [4.78, 5) is 44.5. The number of carbonyl (C=O) groups is 3. The number of nitrogens with one attached hydrogen (secondary N) is 3. The fourth-order valence-corrected chi connectivity index (χ4v) is 5.71. The SMILES string of the molecule is CCOc1ccccc1/C=C(/NC(=O)c1ccccc1)C(=O)Nc1cccc(SCC(=O)Nc2nc(-c3ccccc3)cs2)c1. The number of hydrogen-bond acceptors (Lipinski definition) is 7. The Balaban J connectivity index is 1.25. The van der Waals surface area contributed by atoms with E-state index in [-0.39, 0.29) is 17.4 Å². The molecule has 0 saturated heterocycles. The van der Waals surface area contributed by atoms with Crippen molar-refractivity contribution in [3.8, 4) is 17.0 Å². The monoisotopic (exact) mass is 634 g/mol. The molecule has 0 radical (unpaired) electrons. The molecule has 10 heteroatoms. The Morgan fingerprint density at radius 1 is 0.867 bits per heavy atom. The molecule has 1 aromatic heterocycles. The van der Waals surface area contributed by atoms with Crippen LogP contribution in [0.5, 0.6) is 5.75 Å². The Hall–Kier alpha value is -5.19. The van der Waals surface area contributed by atoms with Gasteiger partial charge in [0.05, 0.1) is 18.1 Å². The number of benzene rings is 4. The van der Waals surface area contributed by atoms with Crippen LogP contribution >= 0.6 is 23.1 Å². The Bertz CT molecular complexity index is 1810. The lowest BCUT2D eigenvalue weighted by Gasteiger charge is -2.13. The van der Waals surface area contributed by atoms with Gasteiger partial charge < -0.3 is 20.7 Å². The molecule has 4 aromatic carbocycles. The third kappa shape index (κ3) is 8.91. The van der Waals surface area contributed by atoms with Gasteiger partial charge in [0.2, 0.25) is 5.91 Å². The van der Waals surface area contributed by atoms with Crippen molar-refractivity contribution >= 4 is 57.7 Å². The van der Waals surface area contributed by atoms with E-state index in [1.54, 1.807) is 54.6 Å². The van der Waals surface area contributed by atoms with E-state index in [4.69, 9.17) is 4.74 Å². The predicted molar refractivity (Wildman–Crippen MR) is 181 cm³/mol. The zero-order chi connectivity index (χ0) is 31.4. The van der Waals surface area contributed by atoms with Crippen molar-refractivity contribution in [3.63, 3.8) is 0 Å². The molecule has 3 N–H and O–H groups in total. The third-order valence-electron chi connectivity index (χ3n) is 6.33. The molecule has 1 heterocycles. The zero-order valence-electron chi connectivity index (χ0n) is 24.4. The molecule has 0 unspecified atom stereocenters. The highest BCUT2D eigenvalue weighted by atomic mass is 32.2. The van der Waals surface area contributed by atoms with E-state index in [0.29, 0.717) is 34.3 Å². The van der Waals surface area contributed by atoms with Crippen molar-refractivity contribution in [3.05, 3.63) is 131 Å². The number of anilines is 2. The van der Waals surface area contributed by atoms with Crippen LogP contribution in [0.2, 0.25) is 0 Å². The summed E-state index contributed by atoms with van der Waals surface area (Å²) < 4.78 is 5.72. The highest BCUT2D eigenvalue weighted by molar-refractivity contribution is 8.00. The van der Waals surface area contributed by atoms with E-state index >= 15 is 0 Å². The first kappa shape index (κ1) is 31.2. The molecule has 0 aliphatic carbocycles. The van der Waals surface area contributed by atoms with E-state index in [9.17, 15) is 14.4 Å². The molecular formula is C35H30N4O4S2. The number of amides is 3. The number of para-hydroxylation sites is 1. The fourth-order valence-electron chi connectivity index (χ4n) is 4.22. The molecule has 0 bridgehead atoms. The van der Waals surface area contributed by atoms with Gasteiger partial charge in [-0.25, -0.2) is 4.98 Å². The lowest BCUT2D eigenvalue weighted by atomic mass is 10.1. The number of carbonyl (C=O) groups excluding carboxylic acids is 3. The van der Waals surface area contributed by atoms with Crippen LogP contribution in [-0.4, -0.2) is 35.1 Å². The summed E-state index contributed by atoms with van der Waals surface area (Å²) in [5.41, 5.74) is 3.41. The van der Waals surface area contributed by atoms with Gasteiger partial charge >= 0.3 is 0 Å². The minimum Gasteiger partial charge on any atom is -0.493 e. The van der Waals surface area contributed by atoms with E-state index < -0.39 is 11.8 Å². The maximum atomic E-state index is 13.5. The van der Waals surface area contributed by atoms with Crippen LogP contribution in [0.25, 0.3) is 17.3 Å². The number of hydrogen-bond donors (Lipinski definition) is 3. The number of aromatic nitrogens is 1. The summed E-state index contributed by atoms with van der Waals surface area (Å²) in [6.07, 6.45) is 1.59. The molecule has 226 valence electrons. The second kappa shape index (κ2) is 15.5. The standard InChI is InChI=1S/C35H30N4O4S2/c1-2-43-31-19-10-9-16-26(31)20-29(37-33(41)25-14-7-4-8-15-25)34(42)36-27-17-11-18-28(21-27)44-23-32(40)39-35-38-30(22-45-35)24-12-5-3-6-13-24/h3-22H,2,23H2,1H3,(H,36,42)(H,37,41)(H,38,39,40)/b29-20+. The van der Waals surface area contributed by atoms with Crippen LogP contribution in [0.15, 0.2) is 125 Å². The van der Waals surface area contributed by atoms with Crippen LogP contribution in [0, 0.1) is 0 Å². The van der Waals surface area contributed by atoms with Gasteiger partial charge in [0.1, 0.15) is 11.4 Å². The van der Waals surface area contributed by atoms with Gasteiger partial charge in [-0.2, -0.15) is 0 Å². The Kier molecular flexibility index (Phi) is 10.8. The molecule has 8 nitrogen and oxygen atoms in total. The van der Waals surface area contributed by atoms with Crippen LogP contribution < -0.4 is 20.7 Å². The topological polar surface area (TPSA) is 109 Å². The van der Waals surface area contributed by atoms with Crippen LogP contribution in [0.4, 0.5) is 10.8 Å². The molecule has 0 fully saturated rings. The van der Waals surface area contributed by atoms with Gasteiger partial charge in [0.15, 0.2) is 5.13 Å². The molecule has 0 aliphatic heterocycles. The van der Waals surface area contributed by atoms with Gasteiger partial charge in [0.25, 0.3) is 11.8 Å². The van der Waals surface area contributed by atoms with Crippen molar-refractivity contribution in [2.75, 3.05) is 23.0 Å². The lowest BCUT2D eigenvalue weighted by Crippen LogP contribution is -2.30. The second-order valence-electron chi connectivity index (χ2n) is 9.57.